The van der Waals surface area contributed by atoms with E-state index in [0.717, 1.165) is 0 Å². The first kappa shape index (κ1) is 8.76. The third-order valence-corrected chi connectivity index (χ3v) is 1.28. The zero-order valence-electron chi connectivity index (χ0n) is 5.74. The van der Waals surface area contributed by atoms with Crippen molar-refractivity contribution in [3.63, 3.8) is 0 Å². The van der Waals surface area contributed by atoms with Crippen molar-refractivity contribution in [3.05, 3.63) is 0 Å². The molecule has 1 aliphatic heterocycles. The van der Waals surface area contributed by atoms with Gasteiger partial charge in [-0.3, -0.25) is 10.1 Å². The van der Waals surface area contributed by atoms with Crippen LogP contribution in [0.15, 0.2) is 0 Å². The molecule has 0 radical (unpaired) electrons. The molecule has 3 nitrogen and oxygen atoms in total. The molecule has 0 saturated carbocycles. The first-order chi connectivity index (χ1) is 5.08. The van der Waals surface area contributed by atoms with E-state index in [0.29, 0.717) is 13.1 Å². The third-order valence-electron chi connectivity index (χ3n) is 1.28. The standard InChI is InChI=1S/C5H9F3N2O/c6-5(7,8)11-4-3-9-1-2-10-4/h4,9-10H,1-3H2. The van der Waals surface area contributed by atoms with Crippen molar-refractivity contribution in [2.24, 2.45) is 0 Å². The van der Waals surface area contributed by atoms with E-state index in [1.165, 1.54) is 0 Å². The van der Waals surface area contributed by atoms with Crippen LogP contribution in [0.2, 0.25) is 0 Å². The van der Waals surface area contributed by atoms with Crippen molar-refractivity contribution in [2.45, 2.75) is 12.6 Å². The lowest BCUT2D eigenvalue weighted by Gasteiger charge is -2.25. The monoisotopic (exact) mass is 170 g/mol. The molecular weight excluding hydrogens is 161 g/mol. The highest BCUT2D eigenvalue weighted by molar-refractivity contribution is 4.67. The van der Waals surface area contributed by atoms with Crippen LogP contribution in [0.25, 0.3) is 0 Å². The van der Waals surface area contributed by atoms with E-state index >= 15 is 0 Å². The van der Waals surface area contributed by atoms with Gasteiger partial charge in [0, 0.05) is 19.6 Å². The lowest BCUT2D eigenvalue weighted by Crippen LogP contribution is -2.51. The van der Waals surface area contributed by atoms with E-state index in [1.54, 1.807) is 0 Å². The van der Waals surface area contributed by atoms with E-state index in [1.807, 2.05) is 0 Å². The topological polar surface area (TPSA) is 33.3 Å². The first-order valence-electron chi connectivity index (χ1n) is 3.26. The summed E-state index contributed by atoms with van der Waals surface area (Å²) >= 11 is 0. The molecule has 1 unspecified atom stereocenters. The number of rotatable bonds is 1. The predicted octanol–water partition coefficient (Wildman–Crippen LogP) is 0.0417. The van der Waals surface area contributed by atoms with Crippen molar-refractivity contribution in [2.75, 3.05) is 19.6 Å². The molecule has 1 rings (SSSR count). The maximum atomic E-state index is 11.6. The number of halogens is 3. The smallest absolute Gasteiger partial charge is 0.312 e. The van der Waals surface area contributed by atoms with Crippen molar-refractivity contribution in [1.29, 1.82) is 0 Å². The van der Waals surface area contributed by atoms with Crippen molar-refractivity contribution >= 4 is 0 Å². The zero-order chi connectivity index (χ0) is 8.32. The van der Waals surface area contributed by atoms with Crippen LogP contribution in [0.5, 0.6) is 0 Å². The maximum absolute atomic E-state index is 11.6. The average molecular weight is 170 g/mol. The van der Waals surface area contributed by atoms with Crippen LogP contribution in [-0.2, 0) is 4.74 Å². The van der Waals surface area contributed by atoms with Crippen LogP contribution >= 0.6 is 0 Å². The number of ether oxygens (including phenoxy) is 1. The fraction of sp³-hybridized carbons (Fsp3) is 1.00. The minimum atomic E-state index is -4.54. The summed E-state index contributed by atoms with van der Waals surface area (Å²) in [5.74, 6) is 0. The van der Waals surface area contributed by atoms with E-state index in [9.17, 15) is 13.2 Å². The molecular formula is C5H9F3N2O. The Morgan fingerprint density at radius 3 is 2.45 bits per heavy atom. The Balaban J connectivity index is 2.24. The lowest BCUT2D eigenvalue weighted by molar-refractivity contribution is -0.346. The Kier molecular flexibility index (Phi) is 2.69. The summed E-state index contributed by atoms with van der Waals surface area (Å²) in [6, 6.07) is 0. The van der Waals surface area contributed by atoms with Crippen LogP contribution in [0.4, 0.5) is 13.2 Å². The highest BCUT2D eigenvalue weighted by Gasteiger charge is 2.33. The van der Waals surface area contributed by atoms with Crippen molar-refractivity contribution < 1.29 is 17.9 Å². The number of nitrogens with one attached hydrogen (secondary N) is 2. The van der Waals surface area contributed by atoms with Gasteiger partial charge in [-0.15, -0.1) is 13.2 Å². The van der Waals surface area contributed by atoms with Gasteiger partial charge in [0.2, 0.25) is 0 Å². The van der Waals surface area contributed by atoms with Gasteiger partial charge in [-0.25, -0.2) is 0 Å². The fourth-order valence-corrected chi connectivity index (χ4v) is 0.872. The van der Waals surface area contributed by atoms with Gasteiger partial charge >= 0.3 is 6.36 Å². The van der Waals surface area contributed by atoms with Gasteiger partial charge in [-0.1, -0.05) is 0 Å². The minimum Gasteiger partial charge on any atom is -0.312 e. The number of alkyl halides is 3. The van der Waals surface area contributed by atoms with Gasteiger partial charge < -0.3 is 5.32 Å². The van der Waals surface area contributed by atoms with Crippen LogP contribution in [0, 0.1) is 0 Å². The molecule has 0 aliphatic carbocycles. The second-order valence-corrected chi connectivity index (χ2v) is 2.21. The summed E-state index contributed by atoms with van der Waals surface area (Å²) in [5.41, 5.74) is 0. The molecule has 1 heterocycles. The molecule has 11 heavy (non-hydrogen) atoms. The minimum absolute atomic E-state index is 0.194. The quantitative estimate of drug-likeness (QED) is 0.583. The number of hydrogen-bond acceptors (Lipinski definition) is 3. The summed E-state index contributed by atoms with van der Waals surface area (Å²) in [6.07, 6.45) is -5.49. The Morgan fingerprint density at radius 1 is 1.27 bits per heavy atom. The summed E-state index contributed by atoms with van der Waals surface area (Å²) in [4.78, 5) is 0. The fourth-order valence-electron chi connectivity index (χ4n) is 0.872. The van der Waals surface area contributed by atoms with Crippen LogP contribution < -0.4 is 10.6 Å². The Labute approximate surface area is 61.9 Å². The van der Waals surface area contributed by atoms with Crippen LogP contribution in [-0.4, -0.2) is 32.2 Å². The van der Waals surface area contributed by atoms with Gasteiger partial charge in [-0.2, -0.15) is 0 Å². The van der Waals surface area contributed by atoms with Gasteiger partial charge in [0.1, 0.15) is 6.23 Å². The highest BCUT2D eigenvalue weighted by Crippen LogP contribution is 2.17. The summed E-state index contributed by atoms with van der Waals surface area (Å²) in [7, 11) is 0. The van der Waals surface area contributed by atoms with E-state index in [-0.39, 0.29) is 6.54 Å². The first-order valence-corrected chi connectivity index (χ1v) is 3.26. The van der Waals surface area contributed by atoms with Crippen molar-refractivity contribution in [3.8, 4) is 0 Å². The van der Waals surface area contributed by atoms with E-state index in [4.69, 9.17) is 0 Å². The van der Waals surface area contributed by atoms with E-state index in [2.05, 4.69) is 15.4 Å². The van der Waals surface area contributed by atoms with Gasteiger partial charge in [0.25, 0.3) is 0 Å². The second-order valence-electron chi connectivity index (χ2n) is 2.21. The van der Waals surface area contributed by atoms with Gasteiger partial charge in [0.15, 0.2) is 0 Å². The molecule has 1 atom stereocenters. The summed E-state index contributed by atoms with van der Waals surface area (Å²) < 4.78 is 38.4. The average Bonchev–Trinajstić information content (AvgIpc) is 1.85. The Bertz CT molecular complexity index is 121. The van der Waals surface area contributed by atoms with Gasteiger partial charge in [0.05, 0.1) is 0 Å². The van der Waals surface area contributed by atoms with Gasteiger partial charge in [-0.05, 0) is 0 Å². The second kappa shape index (κ2) is 3.38. The number of piperazine rings is 1. The Hall–Kier alpha value is -0.330. The molecule has 0 spiro atoms. The zero-order valence-corrected chi connectivity index (χ0v) is 5.74. The van der Waals surface area contributed by atoms with Crippen LogP contribution in [0.1, 0.15) is 0 Å². The van der Waals surface area contributed by atoms with E-state index < -0.39 is 12.6 Å². The Morgan fingerprint density at radius 2 is 2.00 bits per heavy atom. The molecule has 0 aromatic rings. The SMILES string of the molecule is FC(F)(F)OC1CNCCN1. The normalized spacial score (nSPS) is 27.0. The van der Waals surface area contributed by atoms with Crippen molar-refractivity contribution in [1.82, 2.24) is 10.6 Å². The molecule has 0 amide bonds. The molecule has 0 aromatic carbocycles. The lowest BCUT2D eigenvalue weighted by atomic mass is 10.4. The molecule has 0 aromatic heterocycles. The molecule has 1 aliphatic rings. The number of hydrogen-bond donors (Lipinski definition) is 2. The predicted molar refractivity (Wildman–Crippen MR) is 31.8 cm³/mol. The third kappa shape index (κ3) is 3.54. The molecule has 2 N–H and O–H groups in total. The summed E-state index contributed by atoms with van der Waals surface area (Å²) in [5, 5.41) is 5.34. The molecule has 66 valence electrons. The molecule has 6 heteroatoms. The highest BCUT2D eigenvalue weighted by atomic mass is 19.4. The largest absolute Gasteiger partial charge is 0.524 e. The molecule has 0 bridgehead atoms. The maximum Gasteiger partial charge on any atom is 0.524 e. The molecule has 1 fully saturated rings. The van der Waals surface area contributed by atoms with Crippen LogP contribution in [0.3, 0.4) is 0 Å². The molecule has 1 saturated heterocycles. The summed E-state index contributed by atoms with van der Waals surface area (Å²) in [6.45, 7) is 1.37.